The van der Waals surface area contributed by atoms with E-state index < -0.39 is 0 Å². The minimum atomic E-state index is 0.568. The summed E-state index contributed by atoms with van der Waals surface area (Å²) in [6.45, 7) is 3.27. The molecule has 18 heavy (non-hydrogen) atoms. The zero-order valence-corrected chi connectivity index (χ0v) is 11.6. The number of methoxy groups -OCH3 is 2. The standard InChI is InChI=1S/C15H23NO2/c1-11-7-8-14(17-2)15(18-3)13(11)10-12-6-4-5-9-16-12/h7-8,12,16H,4-6,9-10H2,1-3H3. The number of piperidine rings is 1. The topological polar surface area (TPSA) is 30.5 Å². The third-order valence-electron chi connectivity index (χ3n) is 3.75. The summed E-state index contributed by atoms with van der Waals surface area (Å²) in [6, 6.07) is 4.66. The van der Waals surface area contributed by atoms with Crippen LogP contribution in [0, 0.1) is 6.92 Å². The third-order valence-corrected chi connectivity index (χ3v) is 3.75. The van der Waals surface area contributed by atoms with Gasteiger partial charge in [-0.2, -0.15) is 0 Å². The molecule has 0 aliphatic carbocycles. The van der Waals surface area contributed by atoms with E-state index in [1.165, 1.54) is 30.4 Å². The number of ether oxygens (including phenoxy) is 2. The van der Waals surface area contributed by atoms with E-state index in [4.69, 9.17) is 9.47 Å². The number of hydrogen-bond donors (Lipinski definition) is 1. The largest absolute Gasteiger partial charge is 0.493 e. The molecular weight excluding hydrogens is 226 g/mol. The van der Waals surface area contributed by atoms with Crippen LogP contribution in [0.4, 0.5) is 0 Å². The van der Waals surface area contributed by atoms with Gasteiger partial charge >= 0.3 is 0 Å². The molecule has 1 atom stereocenters. The fourth-order valence-corrected chi connectivity index (χ4v) is 2.69. The second-order valence-electron chi connectivity index (χ2n) is 4.95. The highest BCUT2D eigenvalue weighted by molar-refractivity contribution is 5.50. The summed E-state index contributed by atoms with van der Waals surface area (Å²) >= 11 is 0. The van der Waals surface area contributed by atoms with Crippen LogP contribution in [0.1, 0.15) is 30.4 Å². The highest BCUT2D eigenvalue weighted by atomic mass is 16.5. The molecule has 2 rings (SSSR count). The van der Waals surface area contributed by atoms with Crippen molar-refractivity contribution in [3.05, 3.63) is 23.3 Å². The lowest BCUT2D eigenvalue weighted by atomic mass is 9.94. The summed E-state index contributed by atoms with van der Waals surface area (Å²) in [4.78, 5) is 0. The molecule has 1 aromatic rings. The Labute approximate surface area is 109 Å². The maximum atomic E-state index is 5.54. The molecule has 1 heterocycles. The van der Waals surface area contributed by atoms with Crippen molar-refractivity contribution < 1.29 is 9.47 Å². The van der Waals surface area contributed by atoms with E-state index in [0.717, 1.165) is 24.5 Å². The summed E-state index contributed by atoms with van der Waals surface area (Å²) in [5, 5.41) is 3.59. The molecule has 1 N–H and O–H groups in total. The Morgan fingerprint density at radius 3 is 2.67 bits per heavy atom. The quantitative estimate of drug-likeness (QED) is 0.890. The van der Waals surface area contributed by atoms with Crippen molar-refractivity contribution in [3.8, 4) is 11.5 Å². The molecule has 100 valence electrons. The number of hydrogen-bond acceptors (Lipinski definition) is 3. The molecular formula is C15H23NO2. The van der Waals surface area contributed by atoms with E-state index in [2.05, 4.69) is 18.3 Å². The van der Waals surface area contributed by atoms with Gasteiger partial charge in [-0.15, -0.1) is 0 Å². The molecule has 1 unspecified atom stereocenters. The number of benzene rings is 1. The van der Waals surface area contributed by atoms with Gasteiger partial charge in [-0.05, 0) is 44.4 Å². The Balaban J connectivity index is 2.24. The van der Waals surface area contributed by atoms with Gasteiger partial charge in [0.25, 0.3) is 0 Å². The van der Waals surface area contributed by atoms with Crippen LogP contribution in [0.5, 0.6) is 11.5 Å². The van der Waals surface area contributed by atoms with Crippen molar-refractivity contribution in [1.82, 2.24) is 5.32 Å². The molecule has 0 spiro atoms. The Morgan fingerprint density at radius 2 is 2.06 bits per heavy atom. The first-order chi connectivity index (χ1) is 8.76. The van der Waals surface area contributed by atoms with E-state index in [1.807, 2.05) is 6.07 Å². The minimum Gasteiger partial charge on any atom is -0.493 e. The summed E-state index contributed by atoms with van der Waals surface area (Å²) < 4.78 is 10.9. The number of aryl methyl sites for hydroxylation is 1. The minimum absolute atomic E-state index is 0.568. The molecule has 0 aromatic heterocycles. The first-order valence-corrected chi connectivity index (χ1v) is 6.70. The van der Waals surface area contributed by atoms with Crippen LogP contribution in [0.15, 0.2) is 12.1 Å². The lowest BCUT2D eigenvalue weighted by Gasteiger charge is -2.25. The molecule has 0 saturated carbocycles. The van der Waals surface area contributed by atoms with E-state index in [-0.39, 0.29) is 0 Å². The Bertz CT molecular complexity index is 398. The van der Waals surface area contributed by atoms with Crippen LogP contribution in [-0.4, -0.2) is 26.8 Å². The zero-order chi connectivity index (χ0) is 13.0. The first kappa shape index (κ1) is 13.2. The number of rotatable bonds is 4. The molecule has 0 bridgehead atoms. The van der Waals surface area contributed by atoms with Gasteiger partial charge in [0, 0.05) is 11.6 Å². The van der Waals surface area contributed by atoms with Gasteiger partial charge in [-0.25, -0.2) is 0 Å². The molecule has 1 aliphatic heterocycles. The average Bonchev–Trinajstić information content (AvgIpc) is 2.42. The summed E-state index contributed by atoms with van der Waals surface area (Å²) in [5.41, 5.74) is 2.55. The summed E-state index contributed by atoms with van der Waals surface area (Å²) in [7, 11) is 3.41. The monoisotopic (exact) mass is 249 g/mol. The van der Waals surface area contributed by atoms with Crippen molar-refractivity contribution >= 4 is 0 Å². The Hall–Kier alpha value is -1.22. The summed E-state index contributed by atoms with van der Waals surface area (Å²) in [5.74, 6) is 1.72. The van der Waals surface area contributed by atoms with E-state index >= 15 is 0 Å². The van der Waals surface area contributed by atoms with E-state index in [0.29, 0.717) is 6.04 Å². The lowest BCUT2D eigenvalue weighted by Crippen LogP contribution is -2.35. The number of nitrogens with one attached hydrogen (secondary N) is 1. The van der Waals surface area contributed by atoms with Crippen LogP contribution in [0.25, 0.3) is 0 Å². The highest BCUT2D eigenvalue weighted by Gasteiger charge is 2.19. The van der Waals surface area contributed by atoms with E-state index in [9.17, 15) is 0 Å². The second kappa shape index (κ2) is 6.10. The van der Waals surface area contributed by atoms with E-state index in [1.54, 1.807) is 14.2 Å². The zero-order valence-electron chi connectivity index (χ0n) is 11.6. The maximum absolute atomic E-state index is 5.54. The first-order valence-electron chi connectivity index (χ1n) is 6.70. The highest BCUT2D eigenvalue weighted by Crippen LogP contribution is 2.34. The fourth-order valence-electron chi connectivity index (χ4n) is 2.69. The predicted molar refractivity (Wildman–Crippen MR) is 73.6 cm³/mol. The molecule has 1 aromatic carbocycles. The molecule has 1 fully saturated rings. The third kappa shape index (κ3) is 2.78. The Morgan fingerprint density at radius 1 is 1.22 bits per heavy atom. The van der Waals surface area contributed by atoms with Crippen molar-refractivity contribution in [3.63, 3.8) is 0 Å². The van der Waals surface area contributed by atoms with Crippen LogP contribution in [0.2, 0.25) is 0 Å². The average molecular weight is 249 g/mol. The van der Waals surface area contributed by atoms with Crippen molar-refractivity contribution in [1.29, 1.82) is 0 Å². The Kier molecular flexibility index (Phi) is 4.48. The van der Waals surface area contributed by atoms with Crippen LogP contribution < -0.4 is 14.8 Å². The van der Waals surface area contributed by atoms with Gasteiger partial charge < -0.3 is 14.8 Å². The van der Waals surface area contributed by atoms with Crippen molar-refractivity contribution in [2.75, 3.05) is 20.8 Å². The summed E-state index contributed by atoms with van der Waals surface area (Å²) in [6.07, 6.45) is 4.89. The fraction of sp³-hybridized carbons (Fsp3) is 0.600. The van der Waals surface area contributed by atoms with Gasteiger partial charge in [0.15, 0.2) is 11.5 Å². The van der Waals surface area contributed by atoms with Gasteiger partial charge in [0.05, 0.1) is 14.2 Å². The molecule has 1 aliphatic rings. The smallest absolute Gasteiger partial charge is 0.164 e. The normalized spacial score (nSPS) is 19.6. The van der Waals surface area contributed by atoms with Gasteiger partial charge in [0.2, 0.25) is 0 Å². The van der Waals surface area contributed by atoms with Crippen molar-refractivity contribution in [2.24, 2.45) is 0 Å². The maximum Gasteiger partial charge on any atom is 0.164 e. The van der Waals surface area contributed by atoms with Crippen LogP contribution in [0.3, 0.4) is 0 Å². The molecule has 0 radical (unpaired) electrons. The second-order valence-corrected chi connectivity index (χ2v) is 4.95. The molecule has 1 saturated heterocycles. The van der Waals surface area contributed by atoms with Crippen LogP contribution >= 0.6 is 0 Å². The lowest BCUT2D eigenvalue weighted by molar-refractivity contribution is 0.345. The van der Waals surface area contributed by atoms with Gasteiger partial charge in [0.1, 0.15) is 0 Å². The van der Waals surface area contributed by atoms with Crippen LogP contribution in [-0.2, 0) is 6.42 Å². The SMILES string of the molecule is COc1ccc(C)c(CC2CCCCN2)c1OC. The van der Waals surface area contributed by atoms with Crippen molar-refractivity contribution in [2.45, 2.75) is 38.6 Å². The molecule has 0 amide bonds. The molecule has 3 heteroatoms. The predicted octanol–water partition coefficient (Wildman–Crippen LogP) is 2.70. The van der Waals surface area contributed by atoms with Gasteiger partial charge in [-0.3, -0.25) is 0 Å². The molecule has 3 nitrogen and oxygen atoms in total. The van der Waals surface area contributed by atoms with Gasteiger partial charge in [-0.1, -0.05) is 12.5 Å².